The first-order chi connectivity index (χ1) is 9.56. The van der Waals surface area contributed by atoms with Gasteiger partial charge in [0, 0.05) is 5.92 Å². The monoisotopic (exact) mass is 276 g/mol. The first kappa shape index (κ1) is 13.1. The number of carboxylic acids is 2. The van der Waals surface area contributed by atoms with Crippen LogP contribution in [-0.4, -0.2) is 34.4 Å². The van der Waals surface area contributed by atoms with Gasteiger partial charge in [-0.25, -0.2) is 4.79 Å². The first-order valence-corrected chi connectivity index (χ1v) is 6.77. The Morgan fingerprint density at radius 3 is 2.65 bits per heavy atom. The van der Waals surface area contributed by atoms with Gasteiger partial charge in [-0.2, -0.15) is 0 Å². The van der Waals surface area contributed by atoms with Crippen molar-refractivity contribution in [3.8, 4) is 0 Å². The first-order valence-electron chi connectivity index (χ1n) is 6.77. The summed E-state index contributed by atoms with van der Waals surface area (Å²) >= 11 is 0. The Morgan fingerprint density at radius 1 is 1.20 bits per heavy atom. The molecule has 5 nitrogen and oxygen atoms in total. The van der Waals surface area contributed by atoms with E-state index in [0.717, 1.165) is 18.4 Å². The molecule has 2 aliphatic heterocycles. The molecule has 2 heterocycles. The van der Waals surface area contributed by atoms with Crippen LogP contribution in [0.1, 0.15) is 28.8 Å². The minimum absolute atomic E-state index is 0.00501. The summed E-state index contributed by atoms with van der Waals surface area (Å²) < 4.78 is 5.71. The molecule has 2 aliphatic rings. The summed E-state index contributed by atoms with van der Waals surface area (Å²) in [7, 11) is 0. The van der Waals surface area contributed by atoms with Gasteiger partial charge in [0.1, 0.15) is 0 Å². The smallest absolute Gasteiger partial charge is 0.335 e. The number of rotatable bonds is 4. The highest BCUT2D eigenvalue weighted by Gasteiger charge is 2.52. The van der Waals surface area contributed by atoms with E-state index in [-0.39, 0.29) is 23.7 Å². The average molecular weight is 276 g/mol. The third-order valence-corrected chi connectivity index (χ3v) is 4.36. The third kappa shape index (κ3) is 2.18. The SMILES string of the molecule is O=C(O)c1cccc(C[C@H]2[C@@H](C(=O)O)[C@@H]3CC[C@@H]2O3)c1. The van der Waals surface area contributed by atoms with Crippen molar-refractivity contribution in [2.24, 2.45) is 11.8 Å². The Balaban J connectivity index is 1.81. The third-order valence-electron chi connectivity index (χ3n) is 4.36. The van der Waals surface area contributed by atoms with Gasteiger partial charge in [0.25, 0.3) is 0 Å². The predicted octanol–water partition coefficient (Wildman–Crippen LogP) is 1.81. The second-order valence-corrected chi connectivity index (χ2v) is 5.53. The molecule has 20 heavy (non-hydrogen) atoms. The van der Waals surface area contributed by atoms with Crippen LogP contribution in [0.2, 0.25) is 0 Å². The molecular weight excluding hydrogens is 260 g/mol. The van der Waals surface area contributed by atoms with Crippen LogP contribution in [0.3, 0.4) is 0 Å². The molecule has 2 N–H and O–H groups in total. The van der Waals surface area contributed by atoms with E-state index in [2.05, 4.69) is 0 Å². The summed E-state index contributed by atoms with van der Waals surface area (Å²) in [4.78, 5) is 22.4. The van der Waals surface area contributed by atoms with Crippen molar-refractivity contribution < 1.29 is 24.5 Å². The molecular formula is C15H16O5. The lowest BCUT2D eigenvalue weighted by Crippen LogP contribution is -2.34. The molecule has 1 aromatic rings. The number of hydrogen-bond donors (Lipinski definition) is 2. The van der Waals surface area contributed by atoms with E-state index in [9.17, 15) is 14.7 Å². The lowest BCUT2D eigenvalue weighted by Gasteiger charge is -2.24. The van der Waals surface area contributed by atoms with Gasteiger partial charge in [-0.3, -0.25) is 4.79 Å². The molecule has 0 radical (unpaired) electrons. The summed E-state index contributed by atoms with van der Waals surface area (Å²) in [5.74, 6) is -2.31. The molecule has 2 saturated heterocycles. The van der Waals surface area contributed by atoms with Crippen molar-refractivity contribution in [1.29, 1.82) is 0 Å². The van der Waals surface area contributed by atoms with Gasteiger partial charge in [-0.05, 0) is 37.0 Å². The van der Waals surface area contributed by atoms with Crippen LogP contribution in [-0.2, 0) is 16.0 Å². The number of ether oxygens (including phenoxy) is 1. The van der Waals surface area contributed by atoms with Crippen LogP contribution >= 0.6 is 0 Å². The molecule has 2 bridgehead atoms. The molecule has 106 valence electrons. The summed E-state index contributed by atoms with van der Waals surface area (Å²) in [6.45, 7) is 0. The van der Waals surface area contributed by atoms with Gasteiger partial charge in [-0.15, -0.1) is 0 Å². The molecule has 4 atom stereocenters. The highest BCUT2D eigenvalue weighted by Crippen LogP contribution is 2.45. The van der Waals surface area contributed by atoms with Crippen LogP contribution in [0.15, 0.2) is 24.3 Å². The molecule has 0 aromatic heterocycles. The summed E-state index contributed by atoms with van der Waals surface area (Å²) in [6.07, 6.45) is 2.09. The van der Waals surface area contributed by atoms with Crippen LogP contribution in [0.25, 0.3) is 0 Å². The Morgan fingerprint density at radius 2 is 1.95 bits per heavy atom. The minimum Gasteiger partial charge on any atom is -0.481 e. The summed E-state index contributed by atoms with van der Waals surface area (Å²) in [5.41, 5.74) is 1.09. The maximum absolute atomic E-state index is 11.4. The quantitative estimate of drug-likeness (QED) is 0.876. The van der Waals surface area contributed by atoms with Crippen molar-refractivity contribution in [3.63, 3.8) is 0 Å². The molecule has 1 aromatic carbocycles. The van der Waals surface area contributed by atoms with Gasteiger partial charge in [0.15, 0.2) is 0 Å². The maximum atomic E-state index is 11.4. The molecule has 0 unspecified atom stereocenters. The average Bonchev–Trinajstić information content (AvgIpc) is 2.99. The number of hydrogen-bond acceptors (Lipinski definition) is 3. The van der Waals surface area contributed by atoms with Crippen LogP contribution < -0.4 is 0 Å². The molecule has 0 amide bonds. The molecule has 5 heteroatoms. The zero-order valence-electron chi connectivity index (χ0n) is 10.9. The minimum atomic E-state index is -0.967. The van der Waals surface area contributed by atoms with Crippen molar-refractivity contribution in [2.75, 3.05) is 0 Å². The molecule has 0 saturated carbocycles. The van der Waals surface area contributed by atoms with Crippen molar-refractivity contribution in [2.45, 2.75) is 31.5 Å². The fourth-order valence-corrected chi connectivity index (χ4v) is 3.48. The highest BCUT2D eigenvalue weighted by atomic mass is 16.5. The predicted molar refractivity (Wildman–Crippen MR) is 69.6 cm³/mol. The highest BCUT2D eigenvalue weighted by molar-refractivity contribution is 5.87. The number of fused-ring (bicyclic) bond motifs is 2. The fourth-order valence-electron chi connectivity index (χ4n) is 3.48. The van der Waals surface area contributed by atoms with Gasteiger partial charge >= 0.3 is 11.9 Å². The van der Waals surface area contributed by atoms with Gasteiger partial charge in [0.2, 0.25) is 0 Å². The van der Waals surface area contributed by atoms with E-state index in [1.807, 2.05) is 6.07 Å². The Bertz CT molecular complexity index is 553. The van der Waals surface area contributed by atoms with Crippen LogP contribution in [0, 0.1) is 11.8 Å². The van der Waals surface area contributed by atoms with Crippen molar-refractivity contribution in [1.82, 2.24) is 0 Å². The number of carbonyl (C=O) groups is 2. The van der Waals surface area contributed by atoms with Crippen LogP contribution in [0.4, 0.5) is 0 Å². The van der Waals surface area contributed by atoms with E-state index in [1.54, 1.807) is 12.1 Å². The lowest BCUT2D eigenvalue weighted by atomic mass is 9.76. The molecule has 2 fully saturated rings. The summed E-state index contributed by atoms with van der Waals surface area (Å²) in [5, 5.41) is 18.3. The van der Waals surface area contributed by atoms with E-state index in [0.29, 0.717) is 6.42 Å². The second-order valence-electron chi connectivity index (χ2n) is 5.53. The number of carboxylic acid groups (broad SMARTS) is 2. The zero-order valence-corrected chi connectivity index (χ0v) is 10.9. The largest absolute Gasteiger partial charge is 0.481 e. The molecule has 0 aliphatic carbocycles. The van der Waals surface area contributed by atoms with Crippen molar-refractivity contribution in [3.05, 3.63) is 35.4 Å². The zero-order chi connectivity index (χ0) is 14.3. The second kappa shape index (κ2) is 4.90. The van der Waals surface area contributed by atoms with Crippen molar-refractivity contribution >= 4 is 11.9 Å². The number of aliphatic carboxylic acids is 1. The Labute approximate surface area is 116 Å². The Hall–Kier alpha value is -1.88. The fraction of sp³-hybridized carbons (Fsp3) is 0.467. The molecule has 0 spiro atoms. The topological polar surface area (TPSA) is 83.8 Å². The van der Waals surface area contributed by atoms with E-state index < -0.39 is 17.9 Å². The standard InChI is InChI=1S/C15H16O5/c16-14(17)9-3-1-2-8(6-9)7-10-11-4-5-12(20-11)13(10)15(18)19/h1-3,6,10-13H,4-5,7H2,(H,16,17)(H,18,19)/t10-,11+,12+,13-/m1/s1. The van der Waals surface area contributed by atoms with Gasteiger partial charge < -0.3 is 14.9 Å². The number of benzene rings is 1. The van der Waals surface area contributed by atoms with Gasteiger partial charge in [0.05, 0.1) is 23.7 Å². The van der Waals surface area contributed by atoms with Crippen LogP contribution in [0.5, 0.6) is 0 Å². The normalized spacial score (nSPS) is 31.4. The van der Waals surface area contributed by atoms with E-state index >= 15 is 0 Å². The maximum Gasteiger partial charge on any atom is 0.335 e. The Kier molecular flexibility index (Phi) is 3.22. The molecule has 3 rings (SSSR count). The summed E-state index contributed by atoms with van der Waals surface area (Å²) in [6, 6.07) is 6.70. The van der Waals surface area contributed by atoms with E-state index in [4.69, 9.17) is 9.84 Å². The number of aromatic carboxylic acids is 1. The van der Waals surface area contributed by atoms with Gasteiger partial charge in [-0.1, -0.05) is 12.1 Å². The van der Waals surface area contributed by atoms with E-state index in [1.165, 1.54) is 6.07 Å². The lowest BCUT2D eigenvalue weighted by molar-refractivity contribution is -0.144.